The zero-order valence-electron chi connectivity index (χ0n) is 14.6. The Morgan fingerprint density at radius 3 is 2.76 bits per heavy atom. The van der Waals surface area contributed by atoms with Gasteiger partial charge in [-0.3, -0.25) is 9.59 Å². The summed E-state index contributed by atoms with van der Waals surface area (Å²) in [5, 5.41) is 11.5. The van der Waals surface area contributed by atoms with E-state index in [0.717, 1.165) is 5.52 Å². The van der Waals surface area contributed by atoms with E-state index in [1.165, 1.54) is 4.80 Å². The minimum Gasteiger partial charge on any atom is -0.372 e. The first-order valence-electron chi connectivity index (χ1n) is 8.55. The number of ether oxygens (including phenoxy) is 1. The normalized spacial score (nSPS) is 15.5. The van der Waals surface area contributed by atoms with Crippen molar-refractivity contribution in [2.45, 2.75) is 19.8 Å². The number of carbonyl (C=O) groups excluding carboxylic acids is 2. The summed E-state index contributed by atoms with van der Waals surface area (Å²) in [4.78, 5) is 27.8. The second-order valence-electron chi connectivity index (χ2n) is 6.14. The van der Waals surface area contributed by atoms with Gasteiger partial charge in [0.2, 0.25) is 11.8 Å². The second-order valence-corrected chi connectivity index (χ2v) is 6.14. The highest BCUT2D eigenvalue weighted by molar-refractivity contribution is 6.00. The number of rotatable bonds is 5. The summed E-state index contributed by atoms with van der Waals surface area (Å²) in [5.74, 6) is -0.150. The van der Waals surface area contributed by atoms with Gasteiger partial charge in [0.15, 0.2) is 0 Å². The van der Waals surface area contributed by atoms with Gasteiger partial charge in [0.05, 0.1) is 5.69 Å². The zero-order valence-corrected chi connectivity index (χ0v) is 14.6. The molecule has 0 aliphatic carbocycles. The van der Waals surface area contributed by atoms with Crippen LogP contribution in [0.3, 0.4) is 0 Å². The highest BCUT2D eigenvalue weighted by atomic mass is 16.5. The van der Waals surface area contributed by atoms with E-state index in [1.54, 1.807) is 11.9 Å². The van der Waals surface area contributed by atoms with Crippen LogP contribution in [0.5, 0.6) is 0 Å². The van der Waals surface area contributed by atoms with E-state index in [-0.39, 0.29) is 24.3 Å². The number of anilines is 1. The molecule has 25 heavy (non-hydrogen) atoms. The van der Waals surface area contributed by atoms with Crippen molar-refractivity contribution < 1.29 is 14.3 Å². The summed E-state index contributed by atoms with van der Waals surface area (Å²) < 4.78 is 5.16. The number of hydrogen-bond acceptors (Lipinski definition) is 5. The molecule has 0 saturated carbocycles. The molecule has 1 N–H and O–H groups in total. The van der Waals surface area contributed by atoms with Crippen molar-refractivity contribution in [2.75, 3.05) is 31.6 Å². The second kappa shape index (κ2) is 7.60. The van der Waals surface area contributed by atoms with Gasteiger partial charge in [0, 0.05) is 32.7 Å². The number of likely N-dealkylation sites (tertiary alicyclic amines) is 1. The van der Waals surface area contributed by atoms with Crippen LogP contribution >= 0.6 is 0 Å². The van der Waals surface area contributed by atoms with Gasteiger partial charge in [-0.25, -0.2) is 0 Å². The molecule has 1 fully saturated rings. The van der Waals surface area contributed by atoms with Gasteiger partial charge in [-0.15, -0.1) is 0 Å². The third-order valence-electron chi connectivity index (χ3n) is 4.42. The van der Waals surface area contributed by atoms with Gasteiger partial charge >= 0.3 is 0 Å². The van der Waals surface area contributed by atoms with Crippen LogP contribution in [-0.4, -0.2) is 58.0 Å². The van der Waals surface area contributed by atoms with Crippen molar-refractivity contribution in [1.29, 1.82) is 0 Å². The molecule has 0 bridgehead atoms. The molecule has 1 aromatic heterocycles. The van der Waals surface area contributed by atoms with E-state index in [2.05, 4.69) is 15.5 Å². The van der Waals surface area contributed by atoms with Crippen LogP contribution in [0.1, 0.15) is 19.8 Å². The van der Waals surface area contributed by atoms with Crippen LogP contribution in [0.25, 0.3) is 11.0 Å². The summed E-state index contributed by atoms with van der Waals surface area (Å²) in [6.45, 7) is 3.67. The molecule has 8 nitrogen and oxygen atoms in total. The van der Waals surface area contributed by atoms with Gasteiger partial charge in [-0.2, -0.15) is 15.0 Å². The standard InChI is InChI=1S/C17H23N5O3/c1-3-25-11-15(23)22-9-7-12(8-10-22)17(24)18-13-5-4-6-14-16(13)20-21(2)19-14/h4-6,12H,3,7-11H2,1-2H3,(H,18,24). The number of nitrogens with one attached hydrogen (secondary N) is 1. The number of fused-ring (bicyclic) bond motifs is 1. The predicted molar refractivity (Wildman–Crippen MR) is 92.9 cm³/mol. The molecule has 1 aromatic carbocycles. The van der Waals surface area contributed by atoms with Gasteiger partial charge in [0.25, 0.3) is 0 Å². The minimum absolute atomic E-state index is 0.00923. The summed E-state index contributed by atoms with van der Waals surface area (Å²) in [6, 6.07) is 5.54. The van der Waals surface area contributed by atoms with Crippen molar-refractivity contribution in [3.8, 4) is 0 Å². The summed E-state index contributed by atoms with van der Waals surface area (Å²) in [5.41, 5.74) is 2.10. The molecular formula is C17H23N5O3. The summed E-state index contributed by atoms with van der Waals surface area (Å²) >= 11 is 0. The summed E-state index contributed by atoms with van der Waals surface area (Å²) in [7, 11) is 1.75. The van der Waals surface area contributed by atoms with E-state index < -0.39 is 0 Å². The van der Waals surface area contributed by atoms with Crippen molar-refractivity contribution in [2.24, 2.45) is 13.0 Å². The maximum absolute atomic E-state index is 12.6. The highest BCUT2D eigenvalue weighted by Gasteiger charge is 2.27. The molecule has 2 heterocycles. The molecule has 3 rings (SSSR count). The van der Waals surface area contributed by atoms with Crippen molar-refractivity contribution in [3.63, 3.8) is 0 Å². The molecule has 0 radical (unpaired) electrons. The molecule has 1 aliphatic heterocycles. The quantitative estimate of drug-likeness (QED) is 0.879. The number of aromatic nitrogens is 3. The molecule has 134 valence electrons. The van der Waals surface area contributed by atoms with Crippen LogP contribution in [0.4, 0.5) is 5.69 Å². The lowest BCUT2D eigenvalue weighted by Crippen LogP contribution is -2.42. The molecular weight excluding hydrogens is 322 g/mol. The zero-order chi connectivity index (χ0) is 17.8. The van der Waals surface area contributed by atoms with Crippen molar-refractivity contribution in [1.82, 2.24) is 19.9 Å². The lowest BCUT2D eigenvalue weighted by molar-refractivity contribution is -0.138. The Bertz CT molecular complexity index is 765. The largest absolute Gasteiger partial charge is 0.372 e. The topological polar surface area (TPSA) is 89.4 Å². The number of aryl methyl sites for hydroxylation is 1. The Balaban J connectivity index is 1.58. The van der Waals surface area contributed by atoms with Gasteiger partial charge in [-0.1, -0.05) is 6.07 Å². The van der Waals surface area contributed by atoms with Crippen molar-refractivity contribution in [3.05, 3.63) is 18.2 Å². The third kappa shape index (κ3) is 3.96. The summed E-state index contributed by atoms with van der Waals surface area (Å²) in [6.07, 6.45) is 1.31. The number of piperidine rings is 1. The molecule has 1 aliphatic rings. The smallest absolute Gasteiger partial charge is 0.248 e. The Kier molecular flexibility index (Phi) is 5.28. The molecule has 1 saturated heterocycles. The molecule has 8 heteroatoms. The van der Waals surface area contributed by atoms with Crippen LogP contribution < -0.4 is 5.32 Å². The highest BCUT2D eigenvalue weighted by Crippen LogP contribution is 2.23. The number of benzene rings is 1. The van der Waals surface area contributed by atoms with Gasteiger partial charge in [-0.05, 0) is 31.9 Å². The van der Waals surface area contributed by atoms with E-state index in [9.17, 15) is 9.59 Å². The first-order valence-corrected chi connectivity index (χ1v) is 8.55. The first kappa shape index (κ1) is 17.3. The van der Waals surface area contributed by atoms with E-state index >= 15 is 0 Å². The Labute approximate surface area is 146 Å². The van der Waals surface area contributed by atoms with Gasteiger partial charge < -0.3 is 15.0 Å². The Morgan fingerprint density at radius 1 is 1.28 bits per heavy atom. The minimum atomic E-state index is -0.108. The Hall–Kier alpha value is -2.48. The molecule has 2 amide bonds. The number of amides is 2. The van der Waals surface area contributed by atoms with Crippen LogP contribution in [0.15, 0.2) is 18.2 Å². The third-order valence-corrected chi connectivity index (χ3v) is 4.42. The fourth-order valence-corrected chi connectivity index (χ4v) is 3.05. The Morgan fingerprint density at radius 2 is 2.04 bits per heavy atom. The van der Waals surface area contributed by atoms with Crippen LogP contribution in [0.2, 0.25) is 0 Å². The lowest BCUT2D eigenvalue weighted by atomic mass is 9.95. The SMILES string of the molecule is CCOCC(=O)N1CCC(C(=O)Nc2cccc3nn(C)nc23)CC1. The monoisotopic (exact) mass is 345 g/mol. The fourth-order valence-electron chi connectivity index (χ4n) is 3.05. The number of nitrogens with zero attached hydrogens (tertiary/aromatic N) is 4. The van der Waals surface area contributed by atoms with E-state index in [1.807, 2.05) is 25.1 Å². The van der Waals surface area contributed by atoms with Gasteiger partial charge in [0.1, 0.15) is 17.6 Å². The maximum Gasteiger partial charge on any atom is 0.248 e. The van der Waals surface area contributed by atoms with E-state index in [0.29, 0.717) is 43.7 Å². The average Bonchev–Trinajstić information content (AvgIpc) is 3.01. The fraction of sp³-hybridized carbons (Fsp3) is 0.529. The molecule has 0 spiro atoms. The number of hydrogen-bond donors (Lipinski definition) is 1. The molecule has 0 atom stereocenters. The number of carbonyl (C=O) groups is 2. The van der Waals surface area contributed by atoms with Crippen molar-refractivity contribution >= 4 is 28.5 Å². The van der Waals surface area contributed by atoms with E-state index in [4.69, 9.17) is 4.74 Å². The molecule has 2 aromatic rings. The average molecular weight is 345 g/mol. The first-order chi connectivity index (χ1) is 12.1. The van der Waals surface area contributed by atoms with Crippen LogP contribution in [-0.2, 0) is 21.4 Å². The molecule has 0 unspecified atom stereocenters. The lowest BCUT2D eigenvalue weighted by Gasteiger charge is -2.31. The van der Waals surface area contributed by atoms with Crippen LogP contribution in [0, 0.1) is 5.92 Å². The maximum atomic E-state index is 12.6. The predicted octanol–water partition coefficient (Wildman–Crippen LogP) is 1.18.